The molecule has 1 amide bonds. The molecule has 0 heterocycles. The van der Waals surface area contributed by atoms with Gasteiger partial charge in [0.1, 0.15) is 11.9 Å². The van der Waals surface area contributed by atoms with Gasteiger partial charge in [-0.15, -0.1) is 6.42 Å². The predicted molar refractivity (Wildman–Crippen MR) is 66.9 cm³/mol. The number of benzene rings is 1. The number of amides is 1. The number of nitrogens with two attached hydrogens (primary N) is 1. The Kier molecular flexibility index (Phi) is 4.62. The van der Waals surface area contributed by atoms with E-state index in [0.717, 1.165) is 11.0 Å². The normalized spacial score (nSPS) is 11.5. The lowest BCUT2D eigenvalue weighted by Crippen LogP contribution is -2.47. The third-order valence-corrected chi connectivity index (χ3v) is 2.67. The monoisotopic (exact) mass is 264 g/mol. The summed E-state index contributed by atoms with van der Waals surface area (Å²) in [5.74, 6) is -0.440. The summed E-state index contributed by atoms with van der Waals surface area (Å²) in [6.45, 7) is -0.234. The molecule has 0 aliphatic rings. The molecular weight excluding hydrogens is 251 g/mol. The van der Waals surface area contributed by atoms with Crippen molar-refractivity contribution in [2.45, 2.75) is 6.04 Å². The molecule has 1 atom stereocenters. The summed E-state index contributed by atoms with van der Waals surface area (Å²) in [7, 11) is 1.29. The van der Waals surface area contributed by atoms with Crippen LogP contribution in [0.1, 0.15) is 15.9 Å². The van der Waals surface area contributed by atoms with Crippen molar-refractivity contribution in [3.05, 3.63) is 35.1 Å². The van der Waals surface area contributed by atoms with Gasteiger partial charge in [0.25, 0.3) is 5.91 Å². The van der Waals surface area contributed by atoms with Gasteiger partial charge >= 0.3 is 5.97 Å². The van der Waals surface area contributed by atoms with Gasteiger partial charge in [-0.2, -0.15) is 0 Å². The zero-order valence-electron chi connectivity index (χ0n) is 10.3. The maximum atomic E-state index is 13.5. The number of carboxylic acids is 1. The zero-order valence-corrected chi connectivity index (χ0v) is 10.3. The van der Waals surface area contributed by atoms with Crippen molar-refractivity contribution in [2.24, 2.45) is 5.73 Å². The number of hydrogen-bond acceptors (Lipinski definition) is 3. The van der Waals surface area contributed by atoms with Gasteiger partial charge in [-0.3, -0.25) is 4.79 Å². The Bertz CT molecular complexity index is 551. The summed E-state index contributed by atoms with van der Waals surface area (Å²) < 4.78 is 13.5. The number of carbonyl (C=O) groups is 2. The van der Waals surface area contributed by atoms with Gasteiger partial charge in [0.2, 0.25) is 0 Å². The van der Waals surface area contributed by atoms with Gasteiger partial charge in [-0.25, -0.2) is 9.18 Å². The lowest BCUT2D eigenvalue weighted by atomic mass is 10.1. The highest BCUT2D eigenvalue weighted by Crippen LogP contribution is 2.12. The van der Waals surface area contributed by atoms with Crippen LogP contribution in [0.3, 0.4) is 0 Å². The maximum Gasteiger partial charge on any atom is 0.327 e. The Hall–Kier alpha value is -2.39. The Morgan fingerprint density at radius 2 is 2.21 bits per heavy atom. The molecule has 0 aliphatic heterocycles. The first-order valence-corrected chi connectivity index (χ1v) is 5.38. The number of terminal acetylenes is 1. The molecule has 1 aromatic rings. The standard InChI is InChI=1S/C13H13FN2O3/c1-3-8-4-5-9(6-10(8)14)12(17)16(2)11(7-15)13(18)19/h1,4-6,11H,7,15H2,2H3,(H,18,19). The summed E-state index contributed by atoms with van der Waals surface area (Å²) in [4.78, 5) is 23.8. The molecule has 0 aromatic heterocycles. The summed E-state index contributed by atoms with van der Waals surface area (Å²) >= 11 is 0. The summed E-state index contributed by atoms with van der Waals surface area (Å²) in [6, 6.07) is 2.44. The minimum absolute atomic E-state index is 0.0127. The predicted octanol–water partition coefficient (Wildman–Crippen LogP) is 0.291. The molecule has 0 spiro atoms. The van der Waals surface area contributed by atoms with Crippen LogP contribution in [0.5, 0.6) is 0 Å². The lowest BCUT2D eigenvalue weighted by Gasteiger charge is -2.23. The van der Waals surface area contributed by atoms with Crippen LogP contribution in [0, 0.1) is 18.2 Å². The second-order valence-corrected chi connectivity index (χ2v) is 3.84. The molecule has 0 saturated carbocycles. The highest BCUT2D eigenvalue weighted by molar-refractivity contribution is 5.96. The molecule has 3 N–H and O–H groups in total. The maximum absolute atomic E-state index is 13.5. The van der Waals surface area contributed by atoms with Crippen LogP contribution in [-0.2, 0) is 4.79 Å². The fourth-order valence-electron chi connectivity index (χ4n) is 1.53. The van der Waals surface area contributed by atoms with Gasteiger partial charge in [0, 0.05) is 19.2 Å². The van der Waals surface area contributed by atoms with Gasteiger partial charge in [0.05, 0.1) is 5.56 Å². The highest BCUT2D eigenvalue weighted by Gasteiger charge is 2.26. The Morgan fingerprint density at radius 1 is 1.58 bits per heavy atom. The first-order valence-electron chi connectivity index (χ1n) is 5.38. The Morgan fingerprint density at radius 3 is 2.63 bits per heavy atom. The molecule has 1 unspecified atom stereocenters. The van der Waals surface area contributed by atoms with E-state index in [9.17, 15) is 14.0 Å². The van der Waals surface area contributed by atoms with E-state index < -0.39 is 23.7 Å². The van der Waals surface area contributed by atoms with E-state index in [-0.39, 0.29) is 17.7 Å². The molecule has 0 saturated heterocycles. The largest absolute Gasteiger partial charge is 0.480 e. The third-order valence-electron chi connectivity index (χ3n) is 2.67. The molecule has 0 bridgehead atoms. The van der Waals surface area contributed by atoms with Crippen LogP contribution in [0.2, 0.25) is 0 Å². The van der Waals surface area contributed by atoms with Crippen molar-refractivity contribution < 1.29 is 19.1 Å². The van der Waals surface area contributed by atoms with Crippen molar-refractivity contribution in [1.82, 2.24) is 4.90 Å². The van der Waals surface area contributed by atoms with E-state index in [1.54, 1.807) is 0 Å². The molecular formula is C13H13FN2O3. The van der Waals surface area contributed by atoms with Crippen molar-refractivity contribution in [2.75, 3.05) is 13.6 Å². The van der Waals surface area contributed by atoms with Gasteiger partial charge in [-0.1, -0.05) is 5.92 Å². The van der Waals surface area contributed by atoms with E-state index in [1.165, 1.54) is 19.2 Å². The molecule has 0 aliphatic carbocycles. The van der Waals surface area contributed by atoms with Crippen LogP contribution in [-0.4, -0.2) is 41.5 Å². The Labute approximate surface area is 109 Å². The van der Waals surface area contributed by atoms with E-state index in [0.29, 0.717) is 0 Å². The first-order chi connectivity index (χ1) is 8.92. The van der Waals surface area contributed by atoms with Crippen molar-refractivity contribution in [1.29, 1.82) is 0 Å². The number of halogens is 1. The van der Waals surface area contributed by atoms with Crippen molar-refractivity contribution in [3.8, 4) is 12.3 Å². The number of likely N-dealkylation sites (N-methyl/N-ethyl adjacent to an activating group) is 1. The topological polar surface area (TPSA) is 83.6 Å². The fourth-order valence-corrected chi connectivity index (χ4v) is 1.53. The number of carbonyl (C=O) groups excluding carboxylic acids is 1. The number of carboxylic acid groups (broad SMARTS) is 1. The molecule has 1 rings (SSSR count). The zero-order chi connectivity index (χ0) is 14.6. The van der Waals surface area contributed by atoms with Gasteiger partial charge in [0.15, 0.2) is 0 Å². The number of nitrogens with zero attached hydrogens (tertiary/aromatic N) is 1. The molecule has 5 nitrogen and oxygen atoms in total. The van der Waals surface area contributed by atoms with Crippen molar-refractivity contribution in [3.63, 3.8) is 0 Å². The number of rotatable bonds is 4. The average Bonchev–Trinajstić information content (AvgIpc) is 2.37. The molecule has 1 aromatic carbocycles. The smallest absolute Gasteiger partial charge is 0.327 e. The van der Waals surface area contributed by atoms with Crippen LogP contribution in [0.15, 0.2) is 18.2 Å². The fraction of sp³-hybridized carbons (Fsp3) is 0.231. The summed E-state index contributed by atoms with van der Waals surface area (Å²) in [6.07, 6.45) is 5.07. The second kappa shape index (κ2) is 5.98. The first kappa shape index (κ1) is 14.7. The minimum Gasteiger partial charge on any atom is -0.480 e. The van der Waals surface area contributed by atoms with Gasteiger partial charge in [-0.05, 0) is 18.2 Å². The van der Waals surface area contributed by atoms with E-state index in [4.69, 9.17) is 17.3 Å². The number of aliphatic carboxylic acids is 1. The summed E-state index contributed by atoms with van der Waals surface area (Å²) in [5.41, 5.74) is 5.34. The molecule has 6 heteroatoms. The molecule has 19 heavy (non-hydrogen) atoms. The van der Waals surface area contributed by atoms with Crippen LogP contribution < -0.4 is 5.73 Å². The van der Waals surface area contributed by atoms with E-state index in [2.05, 4.69) is 5.92 Å². The van der Waals surface area contributed by atoms with E-state index in [1.807, 2.05) is 0 Å². The third kappa shape index (κ3) is 3.09. The highest BCUT2D eigenvalue weighted by atomic mass is 19.1. The van der Waals surface area contributed by atoms with Gasteiger partial charge < -0.3 is 15.7 Å². The molecule has 0 radical (unpaired) electrons. The summed E-state index contributed by atoms with van der Waals surface area (Å²) in [5, 5.41) is 8.90. The van der Waals surface area contributed by atoms with Crippen LogP contribution in [0.4, 0.5) is 4.39 Å². The minimum atomic E-state index is -1.22. The molecule has 0 fully saturated rings. The van der Waals surface area contributed by atoms with Crippen molar-refractivity contribution >= 4 is 11.9 Å². The SMILES string of the molecule is C#Cc1ccc(C(=O)N(C)C(CN)C(=O)O)cc1F. The number of hydrogen-bond donors (Lipinski definition) is 2. The van der Waals surface area contributed by atoms with E-state index >= 15 is 0 Å². The quantitative estimate of drug-likeness (QED) is 0.766. The Balaban J connectivity index is 3.04. The second-order valence-electron chi connectivity index (χ2n) is 3.84. The average molecular weight is 264 g/mol. The molecule has 100 valence electrons. The van der Waals surface area contributed by atoms with Crippen LogP contribution >= 0.6 is 0 Å². The lowest BCUT2D eigenvalue weighted by molar-refractivity contribution is -0.141. The van der Waals surface area contributed by atoms with Crippen LogP contribution in [0.25, 0.3) is 0 Å².